The maximum absolute atomic E-state index is 14.7. The van der Waals surface area contributed by atoms with E-state index in [0.29, 0.717) is 60.0 Å². The van der Waals surface area contributed by atoms with Crippen LogP contribution in [0.1, 0.15) is 56.7 Å². The molecule has 0 unspecified atom stereocenters. The molecule has 6 rings (SSSR count). The molecule has 0 aliphatic carbocycles. The van der Waals surface area contributed by atoms with Crippen LogP contribution in [0.3, 0.4) is 0 Å². The third-order valence-electron chi connectivity index (χ3n) is 10.4. The Morgan fingerprint density at radius 1 is 0.930 bits per heavy atom. The molecule has 9 nitrogen and oxygen atoms in total. The van der Waals surface area contributed by atoms with E-state index in [1.54, 1.807) is 36.2 Å². The van der Waals surface area contributed by atoms with E-state index in [-0.39, 0.29) is 56.2 Å². The van der Waals surface area contributed by atoms with Crippen LogP contribution in [0.5, 0.6) is 5.75 Å². The van der Waals surface area contributed by atoms with Crippen LogP contribution in [0.15, 0.2) is 96.6 Å². The van der Waals surface area contributed by atoms with Crippen molar-refractivity contribution in [2.24, 2.45) is 4.99 Å². The molecule has 300 valence electrons. The zero-order valence-electron chi connectivity index (χ0n) is 32.0. The molecule has 1 amide bonds. The first-order valence-electron chi connectivity index (χ1n) is 18.7. The van der Waals surface area contributed by atoms with Gasteiger partial charge in [0.05, 0.1) is 12.3 Å². The molecule has 1 aromatic heterocycles. The van der Waals surface area contributed by atoms with Crippen LogP contribution in [0.25, 0.3) is 16.8 Å². The first-order valence-corrected chi connectivity index (χ1v) is 18.7. The highest BCUT2D eigenvalue weighted by atomic mass is 19.4. The number of alkyl halides is 3. The lowest BCUT2D eigenvalue weighted by molar-refractivity contribution is -0.274. The Morgan fingerprint density at radius 2 is 1.60 bits per heavy atom. The Kier molecular flexibility index (Phi) is 12.4. The van der Waals surface area contributed by atoms with Crippen molar-refractivity contribution in [1.82, 2.24) is 14.8 Å². The van der Waals surface area contributed by atoms with Gasteiger partial charge in [0.15, 0.2) is 0 Å². The van der Waals surface area contributed by atoms with Crippen LogP contribution in [0.2, 0.25) is 0 Å². The molecule has 1 fully saturated rings. The number of halogens is 5. The van der Waals surface area contributed by atoms with Gasteiger partial charge < -0.3 is 19.3 Å². The van der Waals surface area contributed by atoms with Crippen LogP contribution in [0, 0.1) is 11.6 Å². The summed E-state index contributed by atoms with van der Waals surface area (Å²) in [6.07, 6.45) is -1.61. The molecule has 14 heteroatoms. The second-order valence-corrected chi connectivity index (χ2v) is 14.5. The van der Waals surface area contributed by atoms with Gasteiger partial charge in [0, 0.05) is 49.9 Å². The molecule has 0 bridgehead atoms. The summed E-state index contributed by atoms with van der Waals surface area (Å²) >= 11 is 0. The number of aliphatic imine (C=N–C) groups is 1. The minimum Gasteiger partial charge on any atom is -0.465 e. The lowest BCUT2D eigenvalue weighted by Gasteiger charge is -2.44. The minimum absolute atomic E-state index is 0.138. The van der Waals surface area contributed by atoms with Crippen LogP contribution in [0.4, 0.5) is 27.8 Å². The summed E-state index contributed by atoms with van der Waals surface area (Å²) in [7, 11) is 0. The number of nitrogens with zero attached hydrogens (tertiary/aromatic N) is 5. The van der Waals surface area contributed by atoms with E-state index >= 15 is 0 Å². The fourth-order valence-corrected chi connectivity index (χ4v) is 7.23. The first kappa shape index (κ1) is 41.0. The number of carbonyl (C=O) groups is 2. The topological polar surface area (TPSA) is 87.6 Å². The van der Waals surface area contributed by atoms with Crippen molar-refractivity contribution in [3.8, 4) is 16.9 Å². The highest BCUT2D eigenvalue weighted by Crippen LogP contribution is 2.33. The van der Waals surface area contributed by atoms with Crippen LogP contribution in [-0.2, 0) is 27.3 Å². The summed E-state index contributed by atoms with van der Waals surface area (Å²) in [5.74, 6) is -1.25. The molecule has 0 spiro atoms. The number of ether oxygens (including phenoxy) is 2. The quantitative estimate of drug-likeness (QED) is 0.0991. The predicted octanol–water partition coefficient (Wildman–Crippen LogP) is 8.58. The molecule has 0 radical (unpaired) electrons. The van der Waals surface area contributed by atoms with Crippen molar-refractivity contribution in [1.29, 1.82) is 0 Å². The Labute approximate surface area is 328 Å². The highest BCUT2D eigenvalue weighted by Gasteiger charge is 2.40. The van der Waals surface area contributed by atoms with E-state index in [1.807, 2.05) is 49.1 Å². The maximum atomic E-state index is 14.7. The number of aryl methyl sites for hydroxylation is 1. The van der Waals surface area contributed by atoms with Gasteiger partial charge >= 0.3 is 12.3 Å². The van der Waals surface area contributed by atoms with E-state index in [0.717, 1.165) is 17.2 Å². The Balaban J connectivity index is 1.26. The smallest absolute Gasteiger partial charge is 0.465 e. The fraction of sp³-hybridized carbons (Fsp3) is 0.349. The Bertz CT molecular complexity index is 2110. The lowest BCUT2D eigenvalue weighted by Crippen LogP contribution is -2.57. The van der Waals surface area contributed by atoms with Gasteiger partial charge in [-0.15, -0.1) is 13.2 Å². The van der Waals surface area contributed by atoms with Crippen molar-refractivity contribution in [3.63, 3.8) is 0 Å². The molecular formula is C43H44F5N5O4. The fourth-order valence-electron chi connectivity index (χ4n) is 7.23. The molecule has 3 aromatic carbocycles. The number of pyridine rings is 1. The number of fused-ring (bicyclic) bond motifs is 1. The van der Waals surface area contributed by atoms with Gasteiger partial charge in [-0.25, -0.2) is 18.8 Å². The molecule has 2 aliphatic heterocycles. The number of carbonyl (C=O) groups excluding carboxylic acids is 2. The summed E-state index contributed by atoms with van der Waals surface area (Å²) in [4.78, 5) is 42.5. The van der Waals surface area contributed by atoms with Crippen molar-refractivity contribution < 1.29 is 41.0 Å². The molecule has 0 N–H and O–H groups in total. The summed E-state index contributed by atoms with van der Waals surface area (Å²) in [5, 5.41) is 0. The Hall–Kier alpha value is -5.63. The maximum Gasteiger partial charge on any atom is 0.573 e. The standard InChI is InChI=1S/C43H44F5N5O4/c1-5-56-41(55)42(3,4)51-23-20-34(21-24-51)52(26-29-8-10-30(11-9-29)31-13-17-35(18-14-31)57-43(46,47)48)39(54)27-53-38(19-15-32-12-16-33(44)25-37(32)45)50-28(2)36-7-6-22-49-40(36)53/h6-14,16-18,22,25,34H,2,5,15,19-21,23-24,26-27H2,1,3-4H3. The van der Waals surface area contributed by atoms with Crippen molar-refractivity contribution >= 4 is 29.2 Å². The molecule has 57 heavy (non-hydrogen) atoms. The molecule has 3 heterocycles. The van der Waals surface area contributed by atoms with E-state index < -0.39 is 23.5 Å². The van der Waals surface area contributed by atoms with E-state index in [1.165, 1.54) is 24.3 Å². The summed E-state index contributed by atoms with van der Waals surface area (Å²) < 4.78 is 75.7. The average Bonchev–Trinajstić information content (AvgIpc) is 3.18. The zero-order chi connectivity index (χ0) is 40.9. The summed E-state index contributed by atoms with van der Waals surface area (Å²) in [6, 6.07) is 19.8. The number of aromatic nitrogens is 1. The van der Waals surface area contributed by atoms with Gasteiger partial charge in [-0.2, -0.15) is 0 Å². The normalized spacial score (nSPS) is 15.2. The number of amides is 1. The van der Waals surface area contributed by atoms with Crippen LogP contribution >= 0.6 is 0 Å². The minimum atomic E-state index is -4.79. The monoisotopic (exact) mass is 789 g/mol. The summed E-state index contributed by atoms with van der Waals surface area (Å²) in [6.45, 7) is 11.0. The number of hydrogen-bond donors (Lipinski definition) is 0. The van der Waals surface area contributed by atoms with E-state index in [2.05, 4.69) is 21.2 Å². The lowest BCUT2D eigenvalue weighted by atomic mass is 9.95. The molecule has 0 saturated carbocycles. The van der Waals surface area contributed by atoms with Gasteiger partial charge in [0.2, 0.25) is 5.91 Å². The van der Waals surface area contributed by atoms with E-state index in [9.17, 15) is 31.5 Å². The number of likely N-dealkylation sites (tertiary alicyclic amines) is 1. The van der Waals surface area contributed by atoms with Gasteiger partial charge in [-0.3, -0.25) is 14.5 Å². The van der Waals surface area contributed by atoms with Gasteiger partial charge in [0.1, 0.15) is 41.1 Å². The number of anilines is 1. The molecule has 1 saturated heterocycles. The number of rotatable bonds is 13. The van der Waals surface area contributed by atoms with Gasteiger partial charge in [-0.1, -0.05) is 49.0 Å². The number of benzene rings is 3. The highest BCUT2D eigenvalue weighted by molar-refractivity contribution is 6.08. The van der Waals surface area contributed by atoms with Gasteiger partial charge in [0.25, 0.3) is 0 Å². The number of amidine groups is 1. The third kappa shape index (κ3) is 9.85. The Morgan fingerprint density at radius 3 is 2.23 bits per heavy atom. The average molecular weight is 790 g/mol. The van der Waals surface area contributed by atoms with Crippen molar-refractivity contribution in [3.05, 3.63) is 120 Å². The van der Waals surface area contributed by atoms with Crippen LogP contribution < -0.4 is 9.64 Å². The second-order valence-electron chi connectivity index (χ2n) is 14.5. The largest absolute Gasteiger partial charge is 0.573 e. The molecule has 2 aliphatic rings. The predicted molar refractivity (Wildman–Crippen MR) is 207 cm³/mol. The molecule has 4 aromatic rings. The number of piperidine rings is 1. The molecule has 0 atom stereocenters. The third-order valence-corrected chi connectivity index (χ3v) is 10.4. The van der Waals surface area contributed by atoms with Crippen LogP contribution in [-0.4, -0.2) is 76.7 Å². The van der Waals surface area contributed by atoms with E-state index in [4.69, 9.17) is 9.73 Å². The zero-order valence-corrected chi connectivity index (χ0v) is 32.0. The first-order chi connectivity index (χ1) is 27.1. The summed E-state index contributed by atoms with van der Waals surface area (Å²) in [5.41, 5.74) is 2.82. The number of hydrogen-bond acceptors (Lipinski definition) is 8. The second kappa shape index (κ2) is 17.2. The van der Waals surface area contributed by atoms with Crippen molar-refractivity contribution in [2.75, 3.05) is 31.1 Å². The van der Waals surface area contributed by atoms with Crippen molar-refractivity contribution in [2.45, 2.75) is 70.9 Å². The molecular weight excluding hydrogens is 745 g/mol. The van der Waals surface area contributed by atoms with Gasteiger partial charge in [-0.05, 0) is 92.6 Å². The number of esters is 1. The SMILES string of the molecule is C=C1N=C(CCc2ccc(F)cc2F)N(CC(=O)N(Cc2ccc(-c3ccc(OC(F)(F)F)cc3)cc2)C2CCN(C(C)(C)C(=O)OCC)CC2)c2ncccc21.